The van der Waals surface area contributed by atoms with Gasteiger partial charge in [-0.05, 0) is 44.7 Å². The van der Waals surface area contributed by atoms with Gasteiger partial charge < -0.3 is 10.6 Å². The maximum atomic E-state index is 11.7. The van der Waals surface area contributed by atoms with Crippen LogP contribution in [-0.4, -0.2) is 40.8 Å². The van der Waals surface area contributed by atoms with Crippen LogP contribution in [0.25, 0.3) is 0 Å². The van der Waals surface area contributed by atoms with Crippen LogP contribution in [0, 0.1) is 5.92 Å². The zero-order valence-corrected chi connectivity index (χ0v) is 11.1. The number of nitrogens with one attached hydrogen (secondary N) is 2. The summed E-state index contributed by atoms with van der Waals surface area (Å²) in [6.07, 6.45) is 4.60. The highest BCUT2D eigenvalue weighted by Crippen LogP contribution is 2.15. The Balaban J connectivity index is 1.61. The standard InChI is InChI=1S/C12H22N2O2S/c15-12(2-1-10-3-6-13-9-10)14-11-4-7-17(16)8-5-11/h10-11,13H,1-9H2,(H,14,15). The summed E-state index contributed by atoms with van der Waals surface area (Å²) in [5, 5.41) is 6.39. The molecule has 0 spiro atoms. The van der Waals surface area contributed by atoms with E-state index in [1.165, 1.54) is 6.42 Å². The van der Waals surface area contributed by atoms with E-state index in [-0.39, 0.29) is 11.9 Å². The number of carbonyl (C=O) groups is 1. The molecule has 0 aliphatic carbocycles. The van der Waals surface area contributed by atoms with E-state index < -0.39 is 10.8 Å². The van der Waals surface area contributed by atoms with Crippen molar-refractivity contribution in [3.63, 3.8) is 0 Å². The molecule has 0 bridgehead atoms. The van der Waals surface area contributed by atoms with Gasteiger partial charge in [-0.1, -0.05) is 0 Å². The molecule has 2 N–H and O–H groups in total. The first kappa shape index (κ1) is 13.0. The molecule has 4 nitrogen and oxygen atoms in total. The van der Waals surface area contributed by atoms with Crippen molar-refractivity contribution in [2.75, 3.05) is 24.6 Å². The molecular weight excluding hydrogens is 236 g/mol. The van der Waals surface area contributed by atoms with Crippen molar-refractivity contribution in [2.24, 2.45) is 5.92 Å². The fourth-order valence-electron chi connectivity index (χ4n) is 2.53. The minimum atomic E-state index is -0.641. The smallest absolute Gasteiger partial charge is 0.220 e. The normalized spacial score (nSPS) is 33.5. The van der Waals surface area contributed by atoms with Gasteiger partial charge in [0.1, 0.15) is 0 Å². The first-order valence-corrected chi connectivity index (χ1v) is 8.08. The molecule has 2 heterocycles. The number of amides is 1. The minimum Gasteiger partial charge on any atom is -0.353 e. The highest BCUT2D eigenvalue weighted by atomic mass is 32.2. The number of hydrogen-bond donors (Lipinski definition) is 2. The van der Waals surface area contributed by atoms with E-state index >= 15 is 0 Å². The molecule has 5 heteroatoms. The van der Waals surface area contributed by atoms with Crippen LogP contribution < -0.4 is 10.6 Å². The molecule has 0 radical (unpaired) electrons. The van der Waals surface area contributed by atoms with Crippen molar-refractivity contribution < 1.29 is 9.00 Å². The van der Waals surface area contributed by atoms with E-state index in [4.69, 9.17) is 0 Å². The molecule has 2 aliphatic rings. The Bertz CT molecular complexity index is 280. The average Bonchev–Trinajstić information content (AvgIpc) is 2.83. The van der Waals surface area contributed by atoms with Gasteiger partial charge in [0.05, 0.1) is 0 Å². The van der Waals surface area contributed by atoms with Crippen LogP contribution >= 0.6 is 0 Å². The van der Waals surface area contributed by atoms with E-state index in [1.54, 1.807) is 0 Å². The molecule has 2 rings (SSSR count). The fourth-order valence-corrected chi connectivity index (χ4v) is 3.83. The summed E-state index contributed by atoms with van der Waals surface area (Å²) >= 11 is 0. The highest BCUT2D eigenvalue weighted by Gasteiger charge is 2.20. The number of carbonyl (C=O) groups excluding carboxylic acids is 1. The number of rotatable bonds is 4. The fraction of sp³-hybridized carbons (Fsp3) is 0.917. The summed E-state index contributed by atoms with van der Waals surface area (Å²) in [4.78, 5) is 11.7. The maximum absolute atomic E-state index is 11.7. The lowest BCUT2D eigenvalue weighted by molar-refractivity contribution is -0.122. The van der Waals surface area contributed by atoms with Crippen LogP contribution in [0.1, 0.15) is 32.1 Å². The summed E-state index contributed by atoms with van der Waals surface area (Å²) in [6.45, 7) is 2.16. The zero-order chi connectivity index (χ0) is 12.1. The molecule has 98 valence electrons. The van der Waals surface area contributed by atoms with E-state index in [0.717, 1.165) is 43.9 Å². The Labute approximate surface area is 105 Å². The largest absolute Gasteiger partial charge is 0.353 e. The van der Waals surface area contributed by atoms with Crippen molar-refractivity contribution in [3.8, 4) is 0 Å². The molecule has 2 fully saturated rings. The predicted molar refractivity (Wildman–Crippen MR) is 69.3 cm³/mol. The Hall–Kier alpha value is -0.420. The van der Waals surface area contributed by atoms with Crippen LogP contribution in [0.2, 0.25) is 0 Å². The predicted octanol–water partition coefficient (Wildman–Crippen LogP) is 0.403. The highest BCUT2D eigenvalue weighted by molar-refractivity contribution is 7.85. The van der Waals surface area contributed by atoms with Gasteiger partial charge in [-0.3, -0.25) is 9.00 Å². The third-order valence-corrected chi connectivity index (χ3v) is 5.08. The summed E-state index contributed by atoms with van der Waals surface area (Å²) < 4.78 is 11.2. The Kier molecular flexibility index (Phi) is 4.98. The lowest BCUT2D eigenvalue weighted by atomic mass is 10.0. The Morgan fingerprint density at radius 3 is 2.71 bits per heavy atom. The van der Waals surface area contributed by atoms with Gasteiger partial charge in [-0.25, -0.2) is 0 Å². The Morgan fingerprint density at radius 1 is 1.29 bits per heavy atom. The van der Waals surface area contributed by atoms with Crippen molar-refractivity contribution >= 4 is 16.7 Å². The van der Waals surface area contributed by atoms with Crippen LogP contribution in [0.15, 0.2) is 0 Å². The van der Waals surface area contributed by atoms with E-state index in [9.17, 15) is 9.00 Å². The Morgan fingerprint density at radius 2 is 2.06 bits per heavy atom. The lowest BCUT2D eigenvalue weighted by Crippen LogP contribution is -2.39. The SMILES string of the molecule is O=C(CCC1CCNC1)NC1CCS(=O)CC1. The van der Waals surface area contributed by atoms with E-state index in [1.807, 2.05) is 0 Å². The van der Waals surface area contributed by atoms with E-state index in [2.05, 4.69) is 10.6 Å². The molecule has 1 amide bonds. The maximum Gasteiger partial charge on any atom is 0.220 e. The van der Waals surface area contributed by atoms with Crippen molar-refractivity contribution in [1.82, 2.24) is 10.6 Å². The lowest BCUT2D eigenvalue weighted by Gasteiger charge is -2.22. The number of hydrogen-bond acceptors (Lipinski definition) is 3. The first-order valence-electron chi connectivity index (χ1n) is 6.59. The van der Waals surface area contributed by atoms with Crippen LogP contribution in [0.5, 0.6) is 0 Å². The second-order valence-electron chi connectivity index (χ2n) is 5.09. The van der Waals surface area contributed by atoms with Gasteiger partial charge >= 0.3 is 0 Å². The van der Waals surface area contributed by atoms with Crippen molar-refractivity contribution in [3.05, 3.63) is 0 Å². The van der Waals surface area contributed by atoms with Crippen LogP contribution in [0.4, 0.5) is 0 Å². The van der Waals surface area contributed by atoms with Crippen molar-refractivity contribution in [1.29, 1.82) is 0 Å². The van der Waals surface area contributed by atoms with Gasteiger partial charge in [0.15, 0.2) is 0 Å². The summed E-state index contributed by atoms with van der Waals surface area (Å²) in [5.74, 6) is 2.35. The molecule has 0 saturated carbocycles. The molecule has 1 unspecified atom stereocenters. The van der Waals surface area contributed by atoms with Gasteiger partial charge in [0.2, 0.25) is 5.91 Å². The zero-order valence-electron chi connectivity index (χ0n) is 10.2. The molecule has 1 atom stereocenters. The van der Waals surface area contributed by atoms with Gasteiger partial charge in [-0.2, -0.15) is 0 Å². The third-order valence-electron chi connectivity index (χ3n) is 3.70. The molecule has 17 heavy (non-hydrogen) atoms. The van der Waals surface area contributed by atoms with Gasteiger partial charge in [0, 0.05) is 34.8 Å². The topological polar surface area (TPSA) is 58.2 Å². The summed E-state index contributed by atoms with van der Waals surface area (Å²) in [6, 6.07) is 0.266. The quantitative estimate of drug-likeness (QED) is 0.767. The van der Waals surface area contributed by atoms with Gasteiger partial charge in [-0.15, -0.1) is 0 Å². The molecular formula is C12H22N2O2S. The first-order chi connectivity index (χ1) is 8.24. The molecule has 0 aromatic carbocycles. The second kappa shape index (κ2) is 6.50. The minimum absolute atomic E-state index is 0.176. The van der Waals surface area contributed by atoms with Crippen molar-refractivity contribution in [2.45, 2.75) is 38.1 Å². The van der Waals surface area contributed by atoms with Gasteiger partial charge in [0.25, 0.3) is 0 Å². The molecule has 0 aromatic rings. The monoisotopic (exact) mass is 258 g/mol. The van der Waals surface area contributed by atoms with Crippen LogP contribution in [-0.2, 0) is 15.6 Å². The van der Waals surface area contributed by atoms with E-state index in [0.29, 0.717) is 12.3 Å². The van der Waals surface area contributed by atoms with Crippen LogP contribution in [0.3, 0.4) is 0 Å². The summed E-state index contributed by atoms with van der Waals surface area (Å²) in [5.41, 5.74) is 0. The average molecular weight is 258 g/mol. The third kappa shape index (κ3) is 4.39. The molecule has 2 saturated heterocycles. The summed E-state index contributed by atoms with van der Waals surface area (Å²) in [7, 11) is -0.641. The second-order valence-corrected chi connectivity index (χ2v) is 6.78. The molecule has 0 aromatic heterocycles. The molecule has 2 aliphatic heterocycles.